The molecule has 1 aromatic heterocycles. The van der Waals surface area contributed by atoms with Crippen LogP contribution in [0.4, 0.5) is 0 Å². The van der Waals surface area contributed by atoms with Gasteiger partial charge in [0.25, 0.3) is 0 Å². The number of hydrogen-bond acceptors (Lipinski definition) is 5. The second-order valence-electron chi connectivity index (χ2n) is 7.32. The van der Waals surface area contributed by atoms with E-state index in [0.29, 0.717) is 13.0 Å². The lowest BCUT2D eigenvalue weighted by atomic mass is 10.1. The van der Waals surface area contributed by atoms with Gasteiger partial charge >= 0.3 is 0 Å². The van der Waals surface area contributed by atoms with E-state index in [1.54, 1.807) is 11.3 Å². The fourth-order valence-corrected chi connectivity index (χ4v) is 5.07. The number of halogens is 1. The average Bonchev–Trinajstić information content (AvgIpc) is 3.33. The van der Waals surface area contributed by atoms with Gasteiger partial charge in [0.1, 0.15) is 11.0 Å². The Labute approximate surface area is 183 Å². The molecule has 1 fully saturated rings. The summed E-state index contributed by atoms with van der Waals surface area (Å²) < 4.78 is 1.01. The molecule has 2 aromatic carbocycles. The lowest BCUT2D eigenvalue weighted by Crippen LogP contribution is -2.42. The lowest BCUT2D eigenvalue weighted by molar-refractivity contribution is -0.123. The third kappa shape index (κ3) is 4.75. The molecule has 5 nitrogen and oxygen atoms in total. The maximum Gasteiger partial charge on any atom is 0.238 e. The summed E-state index contributed by atoms with van der Waals surface area (Å²) in [5.41, 5.74) is 10.9. The molecule has 2 unspecified atom stereocenters. The van der Waals surface area contributed by atoms with Crippen molar-refractivity contribution in [1.29, 1.82) is 0 Å². The van der Waals surface area contributed by atoms with Crippen molar-refractivity contribution in [3.63, 3.8) is 0 Å². The van der Waals surface area contributed by atoms with E-state index in [4.69, 9.17) is 4.98 Å². The Bertz CT molecular complexity index is 1040. The predicted octanol–water partition coefficient (Wildman–Crippen LogP) is 4.41. The summed E-state index contributed by atoms with van der Waals surface area (Å²) in [5, 5.41) is 4.04. The number of rotatable bonds is 5. The minimum atomic E-state index is -0.268. The molecule has 3 aromatic rings. The molecule has 1 saturated heterocycles. The normalized spacial score (nSPS) is 18.7. The van der Waals surface area contributed by atoms with Crippen LogP contribution in [-0.2, 0) is 11.3 Å². The fourth-order valence-electron chi connectivity index (χ4n) is 3.49. The summed E-state index contributed by atoms with van der Waals surface area (Å²) in [6, 6.07) is 16.2. The van der Waals surface area contributed by atoms with Crippen molar-refractivity contribution in [2.75, 3.05) is 0 Å². The second-order valence-corrected chi connectivity index (χ2v) is 9.26. The summed E-state index contributed by atoms with van der Waals surface area (Å²) in [4.78, 5) is 18.5. The smallest absolute Gasteiger partial charge is 0.238 e. The standard InChI is InChI=1S/C22H23BrN4OS/c1-13-5-3-7-16(9-13)22-25-14(2)20(29-22)18-11-19(27-26-18)21(28)24-12-15-6-4-8-17(23)10-15/h3-10,18-19,26-27H,11-12H2,1-2H3,(H,24,28). The van der Waals surface area contributed by atoms with E-state index in [2.05, 4.69) is 63.3 Å². The molecule has 29 heavy (non-hydrogen) atoms. The molecule has 1 aliphatic rings. The number of thiazole rings is 1. The van der Waals surface area contributed by atoms with Crippen molar-refractivity contribution < 1.29 is 4.79 Å². The lowest BCUT2D eigenvalue weighted by Gasteiger charge is -2.10. The first-order chi connectivity index (χ1) is 14.0. The zero-order chi connectivity index (χ0) is 20.4. The van der Waals surface area contributed by atoms with Crippen LogP contribution in [0, 0.1) is 13.8 Å². The van der Waals surface area contributed by atoms with Crippen LogP contribution in [0.1, 0.15) is 34.2 Å². The van der Waals surface area contributed by atoms with E-state index in [1.165, 1.54) is 10.4 Å². The van der Waals surface area contributed by atoms with E-state index < -0.39 is 0 Å². The molecule has 1 amide bonds. The quantitative estimate of drug-likeness (QED) is 0.516. The zero-order valence-corrected chi connectivity index (χ0v) is 18.7. The largest absolute Gasteiger partial charge is 0.351 e. The van der Waals surface area contributed by atoms with Gasteiger partial charge in [0, 0.05) is 21.5 Å². The SMILES string of the molecule is Cc1cccc(-c2nc(C)c(C3CC(C(=O)NCc4cccc(Br)c4)NN3)s2)c1. The van der Waals surface area contributed by atoms with E-state index in [1.807, 2.05) is 31.2 Å². The molecule has 2 heterocycles. The molecular formula is C22H23BrN4OS. The highest BCUT2D eigenvalue weighted by molar-refractivity contribution is 9.10. The summed E-state index contributed by atoms with van der Waals surface area (Å²) in [5.74, 6) is 0.000974. The first kappa shape index (κ1) is 20.2. The molecule has 2 atom stereocenters. The molecule has 4 rings (SSSR count). The van der Waals surface area contributed by atoms with Crippen molar-refractivity contribution in [3.05, 3.63) is 74.7 Å². The number of nitrogens with zero attached hydrogens (tertiary/aromatic N) is 1. The molecule has 0 saturated carbocycles. The Hall–Kier alpha value is -2.06. The van der Waals surface area contributed by atoms with Gasteiger partial charge in [0.2, 0.25) is 5.91 Å². The van der Waals surface area contributed by atoms with Gasteiger partial charge in [0.15, 0.2) is 0 Å². The molecule has 0 radical (unpaired) electrons. The van der Waals surface area contributed by atoms with Gasteiger partial charge in [-0.25, -0.2) is 15.8 Å². The zero-order valence-electron chi connectivity index (χ0n) is 16.3. The molecule has 150 valence electrons. The van der Waals surface area contributed by atoms with Gasteiger partial charge in [-0.3, -0.25) is 4.79 Å². The predicted molar refractivity (Wildman–Crippen MR) is 120 cm³/mol. The van der Waals surface area contributed by atoms with E-state index in [-0.39, 0.29) is 18.0 Å². The van der Waals surface area contributed by atoms with Gasteiger partial charge in [-0.05, 0) is 44.0 Å². The van der Waals surface area contributed by atoms with Crippen LogP contribution in [0.2, 0.25) is 0 Å². The van der Waals surface area contributed by atoms with E-state index in [0.717, 1.165) is 26.3 Å². The van der Waals surface area contributed by atoms with Crippen molar-refractivity contribution >= 4 is 33.2 Å². The number of nitrogens with one attached hydrogen (secondary N) is 3. The third-order valence-electron chi connectivity index (χ3n) is 4.99. The Balaban J connectivity index is 1.40. The Morgan fingerprint density at radius 1 is 1.21 bits per heavy atom. The van der Waals surface area contributed by atoms with Crippen molar-refractivity contribution in [2.45, 2.75) is 38.9 Å². The number of benzene rings is 2. The number of carbonyl (C=O) groups excluding carboxylic acids is 1. The topological polar surface area (TPSA) is 66.0 Å². The summed E-state index contributed by atoms with van der Waals surface area (Å²) in [7, 11) is 0. The number of hydrogen-bond donors (Lipinski definition) is 3. The van der Waals surface area contributed by atoms with Gasteiger partial charge in [-0.1, -0.05) is 51.8 Å². The van der Waals surface area contributed by atoms with Crippen LogP contribution in [0.5, 0.6) is 0 Å². The molecule has 3 N–H and O–H groups in total. The molecule has 0 spiro atoms. The number of amides is 1. The van der Waals surface area contributed by atoms with Gasteiger partial charge in [-0.15, -0.1) is 11.3 Å². The number of hydrazine groups is 1. The minimum Gasteiger partial charge on any atom is -0.351 e. The van der Waals surface area contributed by atoms with Crippen LogP contribution in [0.25, 0.3) is 10.6 Å². The number of carbonyl (C=O) groups is 1. The number of aromatic nitrogens is 1. The van der Waals surface area contributed by atoms with Crippen molar-refractivity contribution in [3.8, 4) is 10.6 Å². The highest BCUT2D eigenvalue weighted by Gasteiger charge is 2.32. The molecule has 0 bridgehead atoms. The van der Waals surface area contributed by atoms with Crippen molar-refractivity contribution in [1.82, 2.24) is 21.2 Å². The van der Waals surface area contributed by atoms with Gasteiger partial charge in [0.05, 0.1) is 11.7 Å². The van der Waals surface area contributed by atoms with Crippen LogP contribution in [0.3, 0.4) is 0 Å². The van der Waals surface area contributed by atoms with E-state index >= 15 is 0 Å². The van der Waals surface area contributed by atoms with Crippen LogP contribution >= 0.6 is 27.3 Å². The molecule has 1 aliphatic heterocycles. The first-order valence-electron chi connectivity index (χ1n) is 9.57. The van der Waals surface area contributed by atoms with Crippen LogP contribution < -0.4 is 16.2 Å². The van der Waals surface area contributed by atoms with Gasteiger partial charge in [-0.2, -0.15) is 0 Å². The fraction of sp³-hybridized carbons (Fsp3) is 0.273. The van der Waals surface area contributed by atoms with Crippen LogP contribution in [-0.4, -0.2) is 16.9 Å². The molecule has 7 heteroatoms. The average molecular weight is 471 g/mol. The monoisotopic (exact) mass is 470 g/mol. The van der Waals surface area contributed by atoms with Crippen molar-refractivity contribution in [2.24, 2.45) is 0 Å². The Morgan fingerprint density at radius 3 is 2.83 bits per heavy atom. The second kappa shape index (κ2) is 8.75. The molecular weight excluding hydrogens is 448 g/mol. The highest BCUT2D eigenvalue weighted by atomic mass is 79.9. The summed E-state index contributed by atoms with van der Waals surface area (Å²) >= 11 is 5.15. The minimum absolute atomic E-state index is 0.000974. The maximum atomic E-state index is 12.6. The van der Waals surface area contributed by atoms with Crippen LogP contribution in [0.15, 0.2) is 53.0 Å². The maximum absolute atomic E-state index is 12.6. The Kier molecular flexibility index (Phi) is 6.10. The highest BCUT2D eigenvalue weighted by Crippen LogP contribution is 2.35. The van der Waals surface area contributed by atoms with Gasteiger partial charge < -0.3 is 5.32 Å². The molecule has 0 aliphatic carbocycles. The third-order valence-corrected chi connectivity index (χ3v) is 6.80. The summed E-state index contributed by atoms with van der Waals surface area (Å²) in [6.07, 6.45) is 0.695. The number of aryl methyl sites for hydroxylation is 2. The first-order valence-corrected chi connectivity index (χ1v) is 11.2. The Morgan fingerprint density at radius 2 is 2.03 bits per heavy atom. The van der Waals surface area contributed by atoms with E-state index in [9.17, 15) is 4.79 Å². The summed E-state index contributed by atoms with van der Waals surface area (Å²) in [6.45, 7) is 4.64.